The van der Waals surface area contributed by atoms with E-state index in [0.29, 0.717) is 12.1 Å². The first-order chi connectivity index (χ1) is 8.58. The Kier molecular flexibility index (Phi) is 4.14. The molecule has 0 aliphatic heterocycles. The molecule has 18 heavy (non-hydrogen) atoms. The fourth-order valence-electron chi connectivity index (χ4n) is 1.54. The van der Waals surface area contributed by atoms with Crippen LogP contribution in [0, 0.1) is 13.8 Å². The Labute approximate surface area is 118 Å². The lowest BCUT2D eigenvalue weighted by Gasteiger charge is -2.06. The van der Waals surface area contributed by atoms with Gasteiger partial charge in [0.1, 0.15) is 0 Å². The monoisotopic (exact) mass is 324 g/mol. The maximum atomic E-state index is 12.0. The largest absolute Gasteiger partial charge is 0.347 e. The summed E-state index contributed by atoms with van der Waals surface area (Å²) < 4.78 is 1.01. The van der Waals surface area contributed by atoms with Crippen molar-refractivity contribution >= 4 is 33.2 Å². The Balaban J connectivity index is 2.04. The number of rotatable bonds is 3. The van der Waals surface area contributed by atoms with E-state index in [4.69, 9.17) is 0 Å². The normalized spacial score (nSPS) is 10.4. The molecule has 0 unspecified atom stereocenters. The second kappa shape index (κ2) is 5.63. The highest BCUT2D eigenvalue weighted by Crippen LogP contribution is 2.17. The predicted octanol–water partition coefficient (Wildman–Crippen LogP) is 3.45. The van der Waals surface area contributed by atoms with Crippen molar-refractivity contribution < 1.29 is 4.79 Å². The van der Waals surface area contributed by atoms with Crippen LogP contribution in [0.15, 0.2) is 28.2 Å². The molecule has 5 heteroatoms. The number of carbonyl (C=O) groups is 1. The molecule has 0 radical (unpaired) electrons. The number of halogens is 1. The number of hydrogen-bond donors (Lipinski definition) is 1. The molecule has 1 N–H and O–H groups in total. The maximum absolute atomic E-state index is 12.0. The number of benzene rings is 1. The number of hydrogen-bond acceptors (Lipinski definition) is 3. The molecule has 0 atom stereocenters. The third kappa shape index (κ3) is 2.97. The number of nitrogens with one attached hydrogen (secondary N) is 1. The van der Waals surface area contributed by atoms with Crippen molar-refractivity contribution in [3.05, 3.63) is 49.9 Å². The molecule has 2 rings (SSSR count). The van der Waals surface area contributed by atoms with Crippen LogP contribution in [0.25, 0.3) is 0 Å². The molecule has 0 aliphatic carbocycles. The zero-order valence-electron chi connectivity index (χ0n) is 10.2. The van der Waals surface area contributed by atoms with Gasteiger partial charge in [-0.25, -0.2) is 4.98 Å². The second-order valence-corrected chi connectivity index (χ2v) is 5.80. The molecule has 0 fully saturated rings. The number of nitrogens with zero attached hydrogens (tertiary/aromatic N) is 1. The highest BCUT2D eigenvalue weighted by atomic mass is 79.9. The van der Waals surface area contributed by atoms with Crippen LogP contribution in [0.4, 0.5) is 0 Å². The summed E-state index contributed by atoms with van der Waals surface area (Å²) in [6.45, 7) is 4.44. The smallest absolute Gasteiger partial charge is 0.251 e. The van der Waals surface area contributed by atoms with E-state index in [1.54, 1.807) is 16.8 Å². The molecule has 0 saturated heterocycles. The van der Waals surface area contributed by atoms with Gasteiger partial charge in [0.15, 0.2) is 0 Å². The second-order valence-electron chi connectivity index (χ2n) is 4.01. The molecule has 0 saturated carbocycles. The van der Waals surface area contributed by atoms with Gasteiger partial charge < -0.3 is 5.32 Å². The fourth-order valence-corrected chi connectivity index (χ4v) is 2.51. The van der Waals surface area contributed by atoms with Gasteiger partial charge in [0, 0.05) is 14.9 Å². The van der Waals surface area contributed by atoms with E-state index in [-0.39, 0.29) is 5.91 Å². The van der Waals surface area contributed by atoms with Gasteiger partial charge in [-0.15, -0.1) is 11.3 Å². The summed E-state index contributed by atoms with van der Waals surface area (Å²) in [4.78, 5) is 17.2. The van der Waals surface area contributed by atoms with Crippen molar-refractivity contribution in [2.75, 3.05) is 0 Å². The third-order valence-electron chi connectivity index (χ3n) is 2.67. The lowest BCUT2D eigenvalue weighted by atomic mass is 10.1. The molecule has 1 aromatic heterocycles. The van der Waals surface area contributed by atoms with Crippen molar-refractivity contribution in [2.24, 2.45) is 0 Å². The summed E-state index contributed by atoms with van der Waals surface area (Å²) in [6.07, 6.45) is 0. The summed E-state index contributed by atoms with van der Waals surface area (Å²) in [6, 6.07) is 5.58. The van der Waals surface area contributed by atoms with Gasteiger partial charge in [0.05, 0.1) is 17.7 Å². The number of thiazole rings is 1. The molecular formula is C13H13BrN2OS. The van der Waals surface area contributed by atoms with E-state index in [2.05, 4.69) is 26.2 Å². The lowest BCUT2D eigenvalue weighted by Crippen LogP contribution is -2.22. The number of carbonyl (C=O) groups excluding carboxylic acids is 1. The van der Waals surface area contributed by atoms with Crippen LogP contribution in [-0.2, 0) is 6.54 Å². The Bertz CT molecular complexity index is 580. The molecule has 0 aliphatic rings. The van der Waals surface area contributed by atoms with Gasteiger partial charge in [-0.3, -0.25) is 4.79 Å². The quantitative estimate of drug-likeness (QED) is 0.939. The van der Waals surface area contributed by atoms with Gasteiger partial charge in [-0.2, -0.15) is 0 Å². The maximum Gasteiger partial charge on any atom is 0.251 e. The van der Waals surface area contributed by atoms with E-state index in [1.165, 1.54) is 0 Å². The van der Waals surface area contributed by atoms with E-state index >= 15 is 0 Å². The molecular weight excluding hydrogens is 312 g/mol. The van der Waals surface area contributed by atoms with Crippen LogP contribution in [0.2, 0.25) is 0 Å². The predicted molar refractivity (Wildman–Crippen MR) is 76.9 cm³/mol. The minimum atomic E-state index is -0.0570. The number of aromatic nitrogens is 1. The SMILES string of the molecule is Cc1cc(C(=O)NCc2scnc2C)ccc1Br. The van der Waals surface area contributed by atoms with Crippen molar-refractivity contribution in [2.45, 2.75) is 20.4 Å². The summed E-state index contributed by atoms with van der Waals surface area (Å²) in [5, 5.41) is 2.91. The minimum Gasteiger partial charge on any atom is -0.347 e. The topological polar surface area (TPSA) is 42.0 Å². The van der Waals surface area contributed by atoms with Crippen LogP contribution in [-0.4, -0.2) is 10.9 Å². The summed E-state index contributed by atoms with van der Waals surface area (Å²) in [5.74, 6) is -0.0570. The number of amides is 1. The number of aryl methyl sites for hydroxylation is 2. The van der Waals surface area contributed by atoms with Crippen molar-refractivity contribution in [1.82, 2.24) is 10.3 Å². The summed E-state index contributed by atoms with van der Waals surface area (Å²) >= 11 is 4.98. The molecule has 3 nitrogen and oxygen atoms in total. The highest BCUT2D eigenvalue weighted by Gasteiger charge is 2.08. The van der Waals surface area contributed by atoms with Crippen LogP contribution >= 0.6 is 27.3 Å². The van der Waals surface area contributed by atoms with Crippen molar-refractivity contribution in [3.63, 3.8) is 0 Å². The third-order valence-corrected chi connectivity index (χ3v) is 4.50. The zero-order valence-corrected chi connectivity index (χ0v) is 12.6. The molecule has 2 aromatic rings. The van der Waals surface area contributed by atoms with Gasteiger partial charge in [-0.1, -0.05) is 15.9 Å². The first-order valence-electron chi connectivity index (χ1n) is 5.51. The molecule has 1 amide bonds. The molecule has 1 heterocycles. The van der Waals surface area contributed by atoms with E-state index in [1.807, 2.05) is 32.0 Å². The average Bonchev–Trinajstić information content (AvgIpc) is 2.75. The first kappa shape index (κ1) is 13.2. The fraction of sp³-hybridized carbons (Fsp3) is 0.231. The Morgan fingerprint density at radius 1 is 1.44 bits per heavy atom. The zero-order chi connectivity index (χ0) is 13.1. The van der Waals surface area contributed by atoms with E-state index < -0.39 is 0 Å². The van der Waals surface area contributed by atoms with Crippen LogP contribution in [0.5, 0.6) is 0 Å². The Morgan fingerprint density at radius 2 is 2.22 bits per heavy atom. The van der Waals surface area contributed by atoms with Crippen LogP contribution in [0.1, 0.15) is 26.5 Å². The Morgan fingerprint density at radius 3 is 2.83 bits per heavy atom. The molecule has 0 bridgehead atoms. The van der Waals surface area contributed by atoms with E-state index in [9.17, 15) is 4.79 Å². The molecule has 94 valence electrons. The van der Waals surface area contributed by atoms with Gasteiger partial charge in [0.2, 0.25) is 0 Å². The highest BCUT2D eigenvalue weighted by molar-refractivity contribution is 9.10. The van der Waals surface area contributed by atoms with Crippen LogP contribution in [0.3, 0.4) is 0 Å². The van der Waals surface area contributed by atoms with Crippen molar-refractivity contribution in [1.29, 1.82) is 0 Å². The molecule has 1 aromatic carbocycles. The standard InChI is InChI=1S/C13H13BrN2OS/c1-8-5-10(3-4-11(8)14)13(17)15-6-12-9(2)16-7-18-12/h3-5,7H,6H2,1-2H3,(H,15,17). The summed E-state index contributed by atoms with van der Waals surface area (Å²) in [7, 11) is 0. The van der Waals surface area contributed by atoms with Gasteiger partial charge in [0.25, 0.3) is 5.91 Å². The van der Waals surface area contributed by atoms with Gasteiger partial charge >= 0.3 is 0 Å². The van der Waals surface area contributed by atoms with Crippen molar-refractivity contribution in [3.8, 4) is 0 Å². The van der Waals surface area contributed by atoms with E-state index in [0.717, 1.165) is 20.6 Å². The Hall–Kier alpha value is -1.20. The molecule has 0 spiro atoms. The van der Waals surface area contributed by atoms with Gasteiger partial charge in [-0.05, 0) is 37.6 Å². The lowest BCUT2D eigenvalue weighted by molar-refractivity contribution is 0.0951. The first-order valence-corrected chi connectivity index (χ1v) is 7.18. The average molecular weight is 325 g/mol. The summed E-state index contributed by atoms with van der Waals surface area (Å²) in [5.41, 5.74) is 4.50. The minimum absolute atomic E-state index is 0.0570. The van der Waals surface area contributed by atoms with Crippen LogP contribution < -0.4 is 5.32 Å².